The van der Waals surface area contributed by atoms with E-state index in [2.05, 4.69) is 0 Å². The van der Waals surface area contributed by atoms with Crippen LogP contribution < -0.4 is 0 Å². The second kappa shape index (κ2) is 12.2. The molecule has 218 valence electrons. The number of sulfonamides is 1. The van der Waals surface area contributed by atoms with Crippen molar-refractivity contribution in [2.45, 2.75) is 57.2 Å². The van der Waals surface area contributed by atoms with Gasteiger partial charge in [0.1, 0.15) is 25.2 Å². The highest BCUT2D eigenvalue weighted by Gasteiger charge is 2.47. The third kappa shape index (κ3) is 7.25. The van der Waals surface area contributed by atoms with Crippen molar-refractivity contribution in [3.8, 4) is 0 Å². The molecule has 2 atom stereocenters. The number of rotatable bonds is 10. The van der Waals surface area contributed by atoms with Crippen LogP contribution in [0.3, 0.4) is 0 Å². The third-order valence-electron chi connectivity index (χ3n) is 6.93. The van der Waals surface area contributed by atoms with Crippen molar-refractivity contribution in [2.75, 3.05) is 13.1 Å². The van der Waals surface area contributed by atoms with Crippen LogP contribution in [-0.2, 0) is 35.8 Å². The fraction of sp³-hybridized carbons (Fsp3) is 0.367. The maximum atomic E-state index is 14.0. The van der Waals surface area contributed by atoms with Crippen molar-refractivity contribution in [2.24, 2.45) is 5.41 Å². The minimum atomic E-state index is -4.40. The summed E-state index contributed by atoms with van der Waals surface area (Å²) in [6.07, 6.45) is 0.209. The van der Waals surface area contributed by atoms with Gasteiger partial charge in [-0.1, -0.05) is 74.8 Å². The van der Waals surface area contributed by atoms with E-state index in [-0.39, 0.29) is 30.9 Å². The largest absolute Gasteiger partial charge is 0.480 e. The number of carboxylic acids is 1. The third-order valence-corrected chi connectivity index (χ3v) is 9.02. The normalized spacial score (nSPS) is 16.8. The zero-order valence-electron chi connectivity index (χ0n) is 23.1. The molecular formula is C30H33ClN2O7S. The average molecular weight is 601 g/mol. The van der Waals surface area contributed by atoms with Gasteiger partial charge in [-0.2, -0.15) is 4.31 Å². The van der Waals surface area contributed by atoms with E-state index >= 15 is 0 Å². The number of halogens is 1. The molecule has 3 aromatic rings. The molecule has 0 aromatic heterocycles. The number of aliphatic carboxylic acids is 1. The van der Waals surface area contributed by atoms with Gasteiger partial charge in [-0.3, -0.25) is 9.59 Å². The molecule has 0 bridgehead atoms. The lowest BCUT2D eigenvalue weighted by molar-refractivity contribution is -0.151. The molecule has 1 amide bonds. The standard InChI is InChI=1S/C30H33ClN2O7S/c1-30(2,3)17-26(29(36)37)32-14-13-25(28(32)35)33(18-27(34)40-19-20-7-5-4-6-8-20)41(38,39)24-12-10-21-15-23(31)11-9-22(21)16-24/h4-12,15-16,25-26H,13-14,17-19H2,1-3H3,(H,36,37)/t25-,26-/m0/s1. The first-order chi connectivity index (χ1) is 19.3. The van der Waals surface area contributed by atoms with Crippen molar-refractivity contribution in [1.82, 2.24) is 9.21 Å². The van der Waals surface area contributed by atoms with Gasteiger partial charge in [-0.15, -0.1) is 0 Å². The van der Waals surface area contributed by atoms with Crippen LogP contribution in [0.5, 0.6) is 0 Å². The molecule has 0 unspecified atom stereocenters. The number of hydrogen-bond donors (Lipinski definition) is 1. The molecule has 1 N–H and O–H groups in total. The predicted molar refractivity (Wildman–Crippen MR) is 155 cm³/mol. The Morgan fingerprint density at radius 1 is 1.07 bits per heavy atom. The Labute approximate surface area is 244 Å². The molecule has 1 fully saturated rings. The zero-order chi connectivity index (χ0) is 29.9. The molecule has 0 spiro atoms. The molecule has 9 nitrogen and oxygen atoms in total. The van der Waals surface area contributed by atoms with Crippen LogP contribution in [0.4, 0.5) is 0 Å². The molecule has 11 heteroatoms. The molecule has 0 saturated carbocycles. The van der Waals surface area contributed by atoms with E-state index in [1.165, 1.54) is 17.0 Å². The smallest absolute Gasteiger partial charge is 0.326 e. The number of amides is 1. The van der Waals surface area contributed by atoms with E-state index < -0.39 is 51.9 Å². The summed E-state index contributed by atoms with van der Waals surface area (Å²) in [5, 5.41) is 11.7. The summed E-state index contributed by atoms with van der Waals surface area (Å²) >= 11 is 6.07. The first-order valence-corrected chi connectivity index (χ1v) is 15.0. The molecule has 0 radical (unpaired) electrons. The minimum Gasteiger partial charge on any atom is -0.480 e. The molecule has 1 saturated heterocycles. The fourth-order valence-corrected chi connectivity index (χ4v) is 6.71. The highest BCUT2D eigenvalue weighted by atomic mass is 35.5. The maximum Gasteiger partial charge on any atom is 0.326 e. The van der Waals surface area contributed by atoms with Gasteiger partial charge < -0.3 is 14.7 Å². The lowest BCUT2D eigenvalue weighted by atomic mass is 9.87. The Morgan fingerprint density at radius 3 is 2.39 bits per heavy atom. The van der Waals surface area contributed by atoms with Crippen LogP contribution in [-0.4, -0.2) is 65.7 Å². The number of carbonyl (C=O) groups excluding carboxylic acids is 2. The van der Waals surface area contributed by atoms with Gasteiger partial charge in [0, 0.05) is 11.6 Å². The maximum absolute atomic E-state index is 14.0. The van der Waals surface area contributed by atoms with E-state index in [0.29, 0.717) is 10.4 Å². The van der Waals surface area contributed by atoms with Crippen LogP contribution >= 0.6 is 11.6 Å². The quantitative estimate of drug-likeness (QED) is 0.334. The number of fused-ring (bicyclic) bond motifs is 1. The van der Waals surface area contributed by atoms with Gasteiger partial charge >= 0.3 is 11.9 Å². The number of benzene rings is 3. The summed E-state index contributed by atoms with van der Waals surface area (Å²) < 4.78 is 34.3. The highest BCUT2D eigenvalue weighted by molar-refractivity contribution is 7.89. The Hall–Kier alpha value is -3.47. The average Bonchev–Trinajstić information content (AvgIpc) is 3.28. The lowest BCUT2D eigenvalue weighted by Gasteiger charge is -2.31. The summed E-state index contributed by atoms with van der Waals surface area (Å²) in [6.45, 7) is 4.86. The summed E-state index contributed by atoms with van der Waals surface area (Å²) in [4.78, 5) is 39.9. The summed E-state index contributed by atoms with van der Waals surface area (Å²) in [6, 6.07) is 16.0. The number of carbonyl (C=O) groups is 3. The first kappa shape index (κ1) is 30.5. The van der Waals surface area contributed by atoms with Crippen molar-refractivity contribution < 1.29 is 32.6 Å². The van der Waals surface area contributed by atoms with E-state index in [4.69, 9.17) is 16.3 Å². The summed E-state index contributed by atoms with van der Waals surface area (Å²) in [7, 11) is -4.40. The molecule has 4 rings (SSSR count). The van der Waals surface area contributed by atoms with Crippen LogP contribution in [0.15, 0.2) is 71.6 Å². The van der Waals surface area contributed by atoms with Crippen LogP contribution in [0.2, 0.25) is 5.02 Å². The topological polar surface area (TPSA) is 121 Å². The van der Waals surface area contributed by atoms with Gasteiger partial charge in [0.15, 0.2) is 0 Å². The second-order valence-electron chi connectivity index (χ2n) is 11.3. The van der Waals surface area contributed by atoms with E-state index in [1.54, 1.807) is 48.5 Å². The van der Waals surface area contributed by atoms with E-state index in [1.807, 2.05) is 26.8 Å². The Balaban J connectivity index is 1.66. The molecule has 1 aliphatic rings. The molecule has 1 heterocycles. The SMILES string of the molecule is CC(C)(C)C[C@@H](C(=O)O)N1CC[C@H](N(CC(=O)OCc2ccccc2)S(=O)(=O)c2ccc3cc(Cl)ccc3c2)C1=O. The Bertz CT molecular complexity index is 1550. The van der Waals surface area contributed by atoms with Gasteiger partial charge in [0.2, 0.25) is 15.9 Å². The van der Waals surface area contributed by atoms with Crippen molar-refractivity contribution in [1.29, 1.82) is 0 Å². The molecule has 3 aromatic carbocycles. The minimum absolute atomic E-state index is 0.0289. The van der Waals surface area contributed by atoms with Gasteiger partial charge in [-0.05, 0) is 58.9 Å². The lowest BCUT2D eigenvalue weighted by Crippen LogP contribution is -2.51. The number of nitrogens with zero attached hydrogens (tertiary/aromatic N) is 2. The van der Waals surface area contributed by atoms with E-state index in [0.717, 1.165) is 15.3 Å². The van der Waals surface area contributed by atoms with Crippen molar-refractivity contribution in [3.63, 3.8) is 0 Å². The van der Waals surface area contributed by atoms with Crippen LogP contribution in [0.1, 0.15) is 39.2 Å². The number of carboxylic acid groups (broad SMARTS) is 1. The monoisotopic (exact) mass is 600 g/mol. The Kier molecular flexibility index (Phi) is 9.06. The fourth-order valence-electron chi connectivity index (χ4n) is 4.94. The van der Waals surface area contributed by atoms with Crippen LogP contribution in [0.25, 0.3) is 10.8 Å². The molecule has 1 aliphatic heterocycles. The van der Waals surface area contributed by atoms with Crippen molar-refractivity contribution >= 4 is 50.2 Å². The molecule has 41 heavy (non-hydrogen) atoms. The van der Waals surface area contributed by atoms with Gasteiger partial charge in [0.05, 0.1) is 4.90 Å². The number of ether oxygens (including phenoxy) is 1. The Morgan fingerprint density at radius 2 is 1.73 bits per heavy atom. The van der Waals surface area contributed by atoms with Crippen LogP contribution in [0, 0.1) is 5.41 Å². The van der Waals surface area contributed by atoms with E-state index in [9.17, 15) is 27.9 Å². The van der Waals surface area contributed by atoms with Crippen molar-refractivity contribution in [3.05, 3.63) is 77.3 Å². The zero-order valence-corrected chi connectivity index (χ0v) is 24.7. The predicted octanol–water partition coefficient (Wildman–Crippen LogP) is 4.72. The number of esters is 1. The molecular weight excluding hydrogens is 568 g/mol. The number of likely N-dealkylation sites (tertiary alicyclic amines) is 1. The first-order valence-electron chi connectivity index (χ1n) is 13.2. The molecule has 0 aliphatic carbocycles. The van der Waals surface area contributed by atoms with Gasteiger partial charge in [-0.25, -0.2) is 13.2 Å². The second-order valence-corrected chi connectivity index (χ2v) is 13.6. The highest BCUT2D eigenvalue weighted by Crippen LogP contribution is 2.31. The number of hydrogen-bond acceptors (Lipinski definition) is 6. The van der Waals surface area contributed by atoms with Gasteiger partial charge in [0.25, 0.3) is 0 Å². The summed E-state index contributed by atoms with van der Waals surface area (Å²) in [5.41, 5.74) is 0.320. The summed E-state index contributed by atoms with van der Waals surface area (Å²) in [5.74, 6) is -2.66.